The van der Waals surface area contributed by atoms with Crippen LogP contribution in [0.5, 0.6) is 0 Å². The summed E-state index contributed by atoms with van der Waals surface area (Å²) in [4.78, 5) is 30.0. The van der Waals surface area contributed by atoms with Gasteiger partial charge in [0.2, 0.25) is 11.8 Å². The molecule has 3 rings (SSSR count). The van der Waals surface area contributed by atoms with Gasteiger partial charge in [-0.25, -0.2) is 0 Å². The number of piperidine rings is 1. The van der Waals surface area contributed by atoms with Crippen LogP contribution in [0.25, 0.3) is 0 Å². The van der Waals surface area contributed by atoms with Crippen LogP contribution in [0.4, 0.5) is 5.69 Å². The van der Waals surface area contributed by atoms with E-state index in [-0.39, 0.29) is 23.1 Å². The molecular formula is C18H24N2O2S. The molecule has 0 spiro atoms. The number of rotatable bonds is 2. The van der Waals surface area contributed by atoms with Gasteiger partial charge in [-0.3, -0.25) is 9.59 Å². The zero-order chi connectivity index (χ0) is 16.4. The molecule has 1 fully saturated rings. The molecule has 5 heteroatoms. The molecule has 0 bridgehead atoms. The first kappa shape index (κ1) is 16.4. The monoisotopic (exact) mass is 332 g/mol. The van der Waals surface area contributed by atoms with E-state index >= 15 is 0 Å². The van der Waals surface area contributed by atoms with Gasteiger partial charge in [0.15, 0.2) is 0 Å². The molecule has 0 radical (unpaired) electrons. The Hall–Kier alpha value is -1.49. The van der Waals surface area contributed by atoms with Crippen molar-refractivity contribution in [1.82, 2.24) is 4.90 Å². The van der Waals surface area contributed by atoms with Crippen molar-refractivity contribution in [2.45, 2.75) is 49.2 Å². The third kappa shape index (κ3) is 3.71. The molecule has 124 valence electrons. The second-order valence-corrected chi connectivity index (χ2v) is 8.68. The van der Waals surface area contributed by atoms with Gasteiger partial charge in [0.25, 0.3) is 0 Å². The van der Waals surface area contributed by atoms with Gasteiger partial charge in [0.1, 0.15) is 6.54 Å². The number of hydrogen-bond acceptors (Lipinski definition) is 3. The van der Waals surface area contributed by atoms with Crippen LogP contribution in [0.1, 0.15) is 39.5 Å². The van der Waals surface area contributed by atoms with Gasteiger partial charge in [0.05, 0.1) is 5.69 Å². The summed E-state index contributed by atoms with van der Waals surface area (Å²) in [5.74, 6) is 0.107. The summed E-state index contributed by atoms with van der Waals surface area (Å²) in [5.41, 5.74) is 0.874. The van der Waals surface area contributed by atoms with Crippen molar-refractivity contribution < 1.29 is 9.59 Å². The van der Waals surface area contributed by atoms with E-state index in [0.717, 1.165) is 36.5 Å². The SMILES string of the molecule is CC1(C)CC(=O)N(CC(=O)N2CCCCC2)c2ccccc2S1. The molecule has 2 amide bonds. The lowest BCUT2D eigenvalue weighted by atomic mass is 10.1. The summed E-state index contributed by atoms with van der Waals surface area (Å²) in [5, 5.41) is 0. The van der Waals surface area contributed by atoms with Gasteiger partial charge in [-0.05, 0) is 45.2 Å². The fourth-order valence-electron chi connectivity index (χ4n) is 3.25. The number of nitrogens with zero attached hydrogens (tertiary/aromatic N) is 2. The standard InChI is InChI=1S/C18H24N2O2S/c1-18(2)12-16(21)20(14-8-4-5-9-15(14)23-18)13-17(22)19-10-6-3-7-11-19/h4-5,8-9H,3,6-7,10-13H2,1-2H3. The topological polar surface area (TPSA) is 40.6 Å². The number of fused-ring (bicyclic) bond motifs is 1. The van der Waals surface area contributed by atoms with Crippen molar-refractivity contribution in [3.05, 3.63) is 24.3 Å². The second kappa shape index (κ2) is 6.56. The third-order valence-electron chi connectivity index (χ3n) is 4.42. The second-order valence-electron chi connectivity index (χ2n) is 6.93. The van der Waals surface area contributed by atoms with Crippen LogP contribution in [-0.2, 0) is 9.59 Å². The number of likely N-dealkylation sites (tertiary alicyclic amines) is 1. The maximum absolute atomic E-state index is 12.8. The first-order valence-electron chi connectivity index (χ1n) is 8.32. The molecule has 1 aromatic carbocycles. The average Bonchev–Trinajstić information content (AvgIpc) is 2.62. The van der Waals surface area contributed by atoms with Crippen molar-refractivity contribution in [2.75, 3.05) is 24.5 Å². The van der Waals surface area contributed by atoms with Gasteiger partial charge >= 0.3 is 0 Å². The first-order chi connectivity index (χ1) is 11.0. The van der Waals surface area contributed by atoms with E-state index in [0.29, 0.717) is 6.42 Å². The van der Waals surface area contributed by atoms with Crippen LogP contribution in [0.15, 0.2) is 29.2 Å². The molecule has 0 aliphatic carbocycles. The minimum atomic E-state index is -0.157. The molecular weight excluding hydrogens is 308 g/mol. The normalized spacial score (nSPS) is 20.9. The number of carbonyl (C=O) groups excluding carboxylic acids is 2. The van der Waals surface area contributed by atoms with Crippen molar-refractivity contribution in [2.24, 2.45) is 0 Å². The highest BCUT2D eigenvalue weighted by molar-refractivity contribution is 8.00. The lowest BCUT2D eigenvalue weighted by molar-refractivity contribution is -0.132. The van der Waals surface area contributed by atoms with Gasteiger partial charge < -0.3 is 9.80 Å². The van der Waals surface area contributed by atoms with Crippen LogP contribution >= 0.6 is 11.8 Å². The number of carbonyl (C=O) groups is 2. The van der Waals surface area contributed by atoms with E-state index in [4.69, 9.17) is 0 Å². The Morgan fingerprint density at radius 3 is 2.61 bits per heavy atom. The highest BCUT2D eigenvalue weighted by Gasteiger charge is 2.34. The van der Waals surface area contributed by atoms with Gasteiger partial charge in [-0.1, -0.05) is 12.1 Å². The molecule has 2 aliphatic rings. The Balaban J connectivity index is 1.85. The van der Waals surface area contributed by atoms with Crippen molar-refractivity contribution >= 4 is 29.3 Å². The predicted octanol–water partition coefficient (Wildman–Crippen LogP) is 3.31. The van der Waals surface area contributed by atoms with Crippen LogP contribution in [0.3, 0.4) is 0 Å². The molecule has 2 aliphatic heterocycles. The maximum atomic E-state index is 12.8. The lowest BCUT2D eigenvalue weighted by Crippen LogP contribution is -2.45. The molecule has 0 N–H and O–H groups in total. The summed E-state index contributed by atoms with van der Waals surface area (Å²) in [6, 6.07) is 7.91. The first-order valence-corrected chi connectivity index (χ1v) is 9.14. The largest absolute Gasteiger partial charge is 0.341 e. The summed E-state index contributed by atoms with van der Waals surface area (Å²) in [6.07, 6.45) is 3.78. The zero-order valence-electron chi connectivity index (χ0n) is 13.9. The summed E-state index contributed by atoms with van der Waals surface area (Å²) >= 11 is 1.72. The number of benzene rings is 1. The molecule has 1 aromatic rings. The van der Waals surface area contributed by atoms with E-state index < -0.39 is 0 Å². The van der Waals surface area contributed by atoms with E-state index in [2.05, 4.69) is 13.8 Å². The van der Waals surface area contributed by atoms with Crippen molar-refractivity contribution in [1.29, 1.82) is 0 Å². The van der Waals surface area contributed by atoms with Crippen molar-refractivity contribution in [3.8, 4) is 0 Å². The van der Waals surface area contributed by atoms with Crippen LogP contribution in [-0.4, -0.2) is 41.1 Å². The Labute approximate surface area is 142 Å². The lowest BCUT2D eigenvalue weighted by Gasteiger charge is -2.30. The Kier molecular flexibility index (Phi) is 4.67. The number of thioether (sulfide) groups is 1. The van der Waals surface area contributed by atoms with Gasteiger partial charge in [0, 0.05) is 29.2 Å². The molecule has 4 nitrogen and oxygen atoms in total. The number of para-hydroxylation sites is 1. The summed E-state index contributed by atoms with van der Waals surface area (Å²) in [6.45, 7) is 5.97. The number of amides is 2. The number of hydrogen-bond donors (Lipinski definition) is 0. The van der Waals surface area contributed by atoms with E-state index in [1.165, 1.54) is 6.42 Å². The Bertz CT molecular complexity index is 609. The van der Waals surface area contributed by atoms with Crippen LogP contribution in [0, 0.1) is 0 Å². The van der Waals surface area contributed by atoms with Crippen LogP contribution < -0.4 is 4.90 Å². The molecule has 0 saturated carbocycles. The van der Waals surface area contributed by atoms with Crippen molar-refractivity contribution in [3.63, 3.8) is 0 Å². The quantitative estimate of drug-likeness (QED) is 0.834. The van der Waals surface area contributed by atoms with E-state index in [9.17, 15) is 9.59 Å². The zero-order valence-corrected chi connectivity index (χ0v) is 14.7. The molecule has 2 heterocycles. The predicted molar refractivity (Wildman–Crippen MR) is 93.8 cm³/mol. The van der Waals surface area contributed by atoms with E-state index in [1.54, 1.807) is 16.7 Å². The summed E-state index contributed by atoms with van der Waals surface area (Å²) in [7, 11) is 0. The molecule has 0 aromatic heterocycles. The summed E-state index contributed by atoms with van der Waals surface area (Å²) < 4.78 is -0.157. The van der Waals surface area contributed by atoms with E-state index in [1.807, 2.05) is 29.2 Å². The average molecular weight is 332 g/mol. The molecule has 23 heavy (non-hydrogen) atoms. The smallest absolute Gasteiger partial charge is 0.242 e. The number of anilines is 1. The molecule has 1 saturated heterocycles. The molecule has 0 unspecified atom stereocenters. The fraction of sp³-hybridized carbons (Fsp3) is 0.556. The molecule has 0 atom stereocenters. The third-order valence-corrected chi connectivity index (χ3v) is 5.68. The Morgan fingerprint density at radius 2 is 1.87 bits per heavy atom. The minimum absolute atomic E-state index is 0.0396. The van der Waals surface area contributed by atoms with Crippen LogP contribution in [0.2, 0.25) is 0 Å². The highest BCUT2D eigenvalue weighted by Crippen LogP contribution is 2.43. The van der Waals surface area contributed by atoms with Gasteiger partial charge in [-0.15, -0.1) is 11.8 Å². The Morgan fingerprint density at radius 1 is 1.17 bits per heavy atom. The van der Waals surface area contributed by atoms with Gasteiger partial charge in [-0.2, -0.15) is 0 Å². The maximum Gasteiger partial charge on any atom is 0.242 e. The minimum Gasteiger partial charge on any atom is -0.341 e. The highest BCUT2D eigenvalue weighted by atomic mass is 32.2. The fourth-order valence-corrected chi connectivity index (χ4v) is 4.47.